The largest absolute Gasteiger partial charge is 0.466 e. The lowest BCUT2D eigenvalue weighted by Crippen LogP contribution is -2.34. The molecule has 0 unspecified atom stereocenters. The number of anilines is 1. The number of aryl methyl sites for hydroxylation is 1. The van der Waals surface area contributed by atoms with Crippen molar-refractivity contribution in [2.75, 3.05) is 11.9 Å². The lowest BCUT2D eigenvalue weighted by atomic mass is 10.1. The van der Waals surface area contributed by atoms with E-state index in [1.807, 2.05) is 54.6 Å². The van der Waals surface area contributed by atoms with Gasteiger partial charge >= 0.3 is 5.97 Å². The SMILES string of the molecule is O=C(CCC(=O)OCCCc1ccccc1)NC(=S)Nc1ccc(Br)cc1. The van der Waals surface area contributed by atoms with Crippen molar-refractivity contribution >= 4 is 50.8 Å². The van der Waals surface area contributed by atoms with E-state index in [2.05, 4.69) is 26.6 Å². The minimum atomic E-state index is -0.384. The Hall–Kier alpha value is -2.25. The van der Waals surface area contributed by atoms with Crippen molar-refractivity contribution in [1.29, 1.82) is 0 Å². The first-order valence-electron chi connectivity index (χ1n) is 8.59. The maximum atomic E-state index is 11.9. The van der Waals surface area contributed by atoms with Crippen molar-refractivity contribution in [3.8, 4) is 0 Å². The van der Waals surface area contributed by atoms with Crippen LogP contribution in [0.1, 0.15) is 24.8 Å². The summed E-state index contributed by atoms with van der Waals surface area (Å²) >= 11 is 8.43. The number of hydrogen-bond donors (Lipinski definition) is 2. The normalized spacial score (nSPS) is 10.1. The Balaban J connectivity index is 1.58. The monoisotopic (exact) mass is 448 g/mol. The second kappa shape index (κ2) is 11.5. The molecule has 0 heterocycles. The highest BCUT2D eigenvalue weighted by Gasteiger charge is 2.09. The van der Waals surface area contributed by atoms with E-state index in [4.69, 9.17) is 17.0 Å². The summed E-state index contributed by atoms with van der Waals surface area (Å²) in [5.74, 6) is -0.712. The van der Waals surface area contributed by atoms with Crippen LogP contribution in [0.15, 0.2) is 59.1 Å². The lowest BCUT2D eigenvalue weighted by molar-refractivity contribution is -0.145. The molecular weight excluding hydrogens is 428 g/mol. The van der Waals surface area contributed by atoms with Crippen LogP contribution in [-0.4, -0.2) is 23.6 Å². The Bertz CT molecular complexity index is 767. The fourth-order valence-corrected chi connectivity index (χ4v) is 2.78. The summed E-state index contributed by atoms with van der Waals surface area (Å²) in [6.45, 7) is 0.346. The molecule has 0 fully saturated rings. The van der Waals surface area contributed by atoms with Crippen molar-refractivity contribution in [2.24, 2.45) is 0 Å². The Morgan fingerprint density at radius 1 is 1.00 bits per heavy atom. The quantitative estimate of drug-likeness (QED) is 0.359. The maximum absolute atomic E-state index is 11.9. The average molecular weight is 449 g/mol. The van der Waals surface area contributed by atoms with Crippen LogP contribution in [0.25, 0.3) is 0 Å². The van der Waals surface area contributed by atoms with Crippen LogP contribution in [0.5, 0.6) is 0 Å². The van der Waals surface area contributed by atoms with Crippen molar-refractivity contribution in [3.05, 3.63) is 64.6 Å². The van der Waals surface area contributed by atoms with Gasteiger partial charge in [-0.2, -0.15) is 0 Å². The fraction of sp³-hybridized carbons (Fsp3) is 0.250. The van der Waals surface area contributed by atoms with Crippen molar-refractivity contribution in [3.63, 3.8) is 0 Å². The second-order valence-corrected chi connectivity index (χ2v) is 7.14. The van der Waals surface area contributed by atoms with Gasteiger partial charge < -0.3 is 15.4 Å². The number of rotatable bonds is 8. The Morgan fingerprint density at radius 2 is 1.70 bits per heavy atom. The molecule has 2 aromatic rings. The maximum Gasteiger partial charge on any atom is 0.306 e. The van der Waals surface area contributed by atoms with Crippen LogP contribution < -0.4 is 10.6 Å². The summed E-state index contributed by atoms with van der Waals surface area (Å²) < 4.78 is 6.10. The molecule has 0 saturated heterocycles. The molecule has 0 aliphatic heterocycles. The van der Waals surface area contributed by atoms with Crippen LogP contribution in [0.2, 0.25) is 0 Å². The molecule has 0 aliphatic carbocycles. The van der Waals surface area contributed by atoms with Gasteiger partial charge in [-0.15, -0.1) is 0 Å². The molecule has 0 aliphatic rings. The first-order chi connectivity index (χ1) is 13.0. The lowest BCUT2D eigenvalue weighted by Gasteiger charge is -2.09. The zero-order chi connectivity index (χ0) is 19.5. The third-order valence-corrected chi connectivity index (χ3v) is 4.36. The first-order valence-corrected chi connectivity index (χ1v) is 9.79. The number of carbonyl (C=O) groups excluding carboxylic acids is 2. The zero-order valence-corrected chi connectivity index (χ0v) is 17.1. The summed E-state index contributed by atoms with van der Waals surface area (Å²) in [6, 6.07) is 17.4. The number of nitrogens with one attached hydrogen (secondary N) is 2. The Morgan fingerprint density at radius 3 is 2.41 bits per heavy atom. The fourth-order valence-electron chi connectivity index (χ4n) is 2.28. The van der Waals surface area contributed by atoms with Crippen LogP contribution >= 0.6 is 28.1 Å². The van der Waals surface area contributed by atoms with Gasteiger partial charge in [-0.25, -0.2) is 0 Å². The van der Waals surface area contributed by atoms with Gasteiger partial charge in [-0.3, -0.25) is 9.59 Å². The number of carbonyl (C=O) groups is 2. The minimum absolute atomic E-state index is 0.0259. The van der Waals surface area contributed by atoms with E-state index in [0.717, 1.165) is 23.0 Å². The van der Waals surface area contributed by atoms with Crippen LogP contribution in [0, 0.1) is 0 Å². The number of halogens is 1. The van der Waals surface area contributed by atoms with Crippen molar-refractivity contribution in [1.82, 2.24) is 5.32 Å². The third kappa shape index (κ3) is 8.79. The topological polar surface area (TPSA) is 67.4 Å². The molecule has 2 N–H and O–H groups in total. The second-order valence-electron chi connectivity index (χ2n) is 5.82. The van der Waals surface area contributed by atoms with E-state index in [-0.39, 0.29) is 29.8 Å². The predicted octanol–water partition coefficient (Wildman–Crippen LogP) is 4.22. The highest BCUT2D eigenvalue weighted by Crippen LogP contribution is 2.13. The minimum Gasteiger partial charge on any atom is -0.466 e. The van der Waals surface area contributed by atoms with E-state index < -0.39 is 0 Å². The highest BCUT2D eigenvalue weighted by molar-refractivity contribution is 9.10. The van der Waals surface area contributed by atoms with E-state index >= 15 is 0 Å². The van der Waals surface area contributed by atoms with Crippen LogP contribution in [0.4, 0.5) is 5.69 Å². The van der Waals surface area contributed by atoms with Gasteiger partial charge in [0.05, 0.1) is 13.0 Å². The molecule has 0 bridgehead atoms. The Kier molecular flexibility index (Phi) is 8.94. The van der Waals surface area contributed by atoms with Crippen molar-refractivity contribution in [2.45, 2.75) is 25.7 Å². The molecule has 0 radical (unpaired) electrons. The molecule has 0 aromatic heterocycles. The molecule has 2 aromatic carbocycles. The standard InChI is InChI=1S/C20H21BrN2O3S/c21-16-8-10-17(11-9-16)22-20(27)23-18(24)12-13-19(25)26-14-4-7-15-5-2-1-3-6-15/h1-3,5-6,8-11H,4,7,12-14H2,(H2,22,23,24,27). The third-order valence-electron chi connectivity index (χ3n) is 3.63. The number of ether oxygens (including phenoxy) is 1. The summed E-state index contributed by atoms with van der Waals surface area (Å²) in [6.07, 6.45) is 1.66. The molecule has 7 heteroatoms. The molecule has 2 rings (SSSR count). The first kappa shape index (κ1) is 21.1. The molecular formula is C20H21BrN2O3S. The summed E-state index contributed by atoms with van der Waals surface area (Å²) in [5.41, 5.74) is 1.97. The van der Waals surface area contributed by atoms with Gasteiger partial charge in [0.1, 0.15) is 0 Å². The van der Waals surface area contributed by atoms with Crippen LogP contribution in [0.3, 0.4) is 0 Å². The molecule has 27 heavy (non-hydrogen) atoms. The molecule has 0 atom stereocenters. The van der Waals surface area contributed by atoms with E-state index in [1.54, 1.807) is 0 Å². The van der Waals surface area contributed by atoms with Crippen molar-refractivity contribution < 1.29 is 14.3 Å². The van der Waals surface area contributed by atoms with Gasteiger partial charge in [-0.1, -0.05) is 46.3 Å². The molecule has 1 amide bonds. The van der Waals surface area contributed by atoms with Crippen LogP contribution in [-0.2, 0) is 20.7 Å². The number of thiocarbonyl (C=S) groups is 1. The summed E-state index contributed by atoms with van der Waals surface area (Å²) in [5, 5.41) is 5.65. The van der Waals surface area contributed by atoms with Gasteiger partial charge in [0.15, 0.2) is 5.11 Å². The molecule has 0 spiro atoms. The van der Waals surface area contributed by atoms with E-state index in [1.165, 1.54) is 5.56 Å². The smallest absolute Gasteiger partial charge is 0.306 e. The number of hydrogen-bond acceptors (Lipinski definition) is 4. The highest BCUT2D eigenvalue weighted by atomic mass is 79.9. The molecule has 0 saturated carbocycles. The number of amides is 1. The Labute approximate surface area is 172 Å². The van der Waals surface area contributed by atoms with Gasteiger partial charge in [0.25, 0.3) is 0 Å². The molecule has 5 nitrogen and oxygen atoms in total. The van der Waals surface area contributed by atoms with Gasteiger partial charge in [0, 0.05) is 16.6 Å². The zero-order valence-electron chi connectivity index (χ0n) is 14.7. The average Bonchev–Trinajstić information content (AvgIpc) is 2.66. The van der Waals surface area contributed by atoms with E-state index in [9.17, 15) is 9.59 Å². The summed E-state index contributed by atoms with van der Waals surface area (Å²) in [4.78, 5) is 23.6. The van der Waals surface area contributed by atoms with Gasteiger partial charge in [-0.05, 0) is 54.9 Å². The number of benzene rings is 2. The summed E-state index contributed by atoms with van der Waals surface area (Å²) in [7, 11) is 0. The predicted molar refractivity (Wildman–Crippen MR) is 113 cm³/mol. The number of esters is 1. The van der Waals surface area contributed by atoms with Gasteiger partial charge in [0.2, 0.25) is 5.91 Å². The molecule has 142 valence electrons. The van der Waals surface area contributed by atoms with E-state index in [0.29, 0.717) is 6.61 Å².